The van der Waals surface area contributed by atoms with Crippen molar-refractivity contribution in [2.24, 2.45) is 0 Å². The normalized spacial score (nSPS) is 12.4. The molecule has 1 aliphatic rings. The van der Waals surface area contributed by atoms with Crippen LogP contribution in [0, 0.1) is 0 Å². The van der Waals surface area contributed by atoms with Crippen LogP contribution in [0.2, 0.25) is 0 Å². The molecule has 22 heavy (non-hydrogen) atoms. The summed E-state index contributed by atoms with van der Waals surface area (Å²) in [6, 6.07) is 15.5. The Labute approximate surface area is 127 Å². The van der Waals surface area contributed by atoms with E-state index >= 15 is 0 Å². The van der Waals surface area contributed by atoms with Gasteiger partial charge >= 0.3 is 0 Å². The van der Waals surface area contributed by atoms with Crippen LogP contribution < -0.4 is 14.2 Å². The van der Waals surface area contributed by atoms with Gasteiger partial charge in [-0.2, -0.15) is 5.10 Å². The highest BCUT2D eigenvalue weighted by molar-refractivity contribution is 5.46. The van der Waals surface area contributed by atoms with Gasteiger partial charge in [0.05, 0.1) is 11.9 Å². The van der Waals surface area contributed by atoms with Gasteiger partial charge in [-0.25, -0.2) is 4.68 Å². The van der Waals surface area contributed by atoms with Crippen molar-refractivity contribution in [1.82, 2.24) is 9.78 Å². The van der Waals surface area contributed by atoms with Crippen molar-refractivity contribution in [3.63, 3.8) is 0 Å². The molecule has 0 saturated carbocycles. The van der Waals surface area contributed by atoms with Gasteiger partial charge in [0.15, 0.2) is 11.5 Å². The zero-order valence-corrected chi connectivity index (χ0v) is 11.8. The number of ether oxygens (including phenoxy) is 3. The molecule has 110 valence electrons. The van der Waals surface area contributed by atoms with E-state index in [1.54, 1.807) is 6.20 Å². The Morgan fingerprint density at radius 1 is 1.05 bits per heavy atom. The Kier molecular flexibility index (Phi) is 3.16. The maximum atomic E-state index is 5.78. The van der Waals surface area contributed by atoms with Gasteiger partial charge in [0.2, 0.25) is 6.79 Å². The lowest BCUT2D eigenvalue weighted by molar-refractivity contribution is 0.173. The summed E-state index contributed by atoms with van der Waals surface area (Å²) in [7, 11) is 0. The highest BCUT2D eigenvalue weighted by Crippen LogP contribution is 2.35. The molecule has 0 unspecified atom stereocenters. The molecular formula is C17H14N2O3. The first kappa shape index (κ1) is 12.8. The summed E-state index contributed by atoms with van der Waals surface area (Å²) in [5.41, 5.74) is 2.03. The third kappa shape index (κ3) is 2.48. The molecule has 2 aromatic carbocycles. The number of hydrogen-bond acceptors (Lipinski definition) is 4. The molecule has 4 rings (SSSR count). The third-order valence-corrected chi connectivity index (χ3v) is 3.41. The summed E-state index contributed by atoms with van der Waals surface area (Å²) in [5, 5.41) is 4.35. The SMILES string of the molecule is c1ccc(-n2cc(COc3ccc4c(c3)OCO4)cn2)cc1. The molecule has 0 bridgehead atoms. The van der Waals surface area contributed by atoms with Crippen molar-refractivity contribution in [3.05, 3.63) is 66.5 Å². The van der Waals surface area contributed by atoms with Crippen molar-refractivity contribution < 1.29 is 14.2 Å². The second kappa shape index (κ2) is 5.44. The number of hydrogen-bond donors (Lipinski definition) is 0. The van der Waals surface area contributed by atoms with Crippen molar-refractivity contribution in [2.75, 3.05) is 6.79 Å². The second-order valence-corrected chi connectivity index (χ2v) is 4.93. The van der Waals surface area contributed by atoms with Crippen LogP contribution in [0.25, 0.3) is 5.69 Å². The van der Waals surface area contributed by atoms with Gasteiger partial charge in [-0.3, -0.25) is 0 Å². The molecule has 2 heterocycles. The first-order valence-corrected chi connectivity index (χ1v) is 7.00. The van der Waals surface area contributed by atoms with Gasteiger partial charge in [-0.1, -0.05) is 18.2 Å². The largest absolute Gasteiger partial charge is 0.489 e. The van der Waals surface area contributed by atoms with Crippen molar-refractivity contribution >= 4 is 0 Å². The summed E-state index contributed by atoms with van der Waals surface area (Å²) >= 11 is 0. The molecule has 0 radical (unpaired) electrons. The van der Waals surface area contributed by atoms with Gasteiger partial charge < -0.3 is 14.2 Å². The fraction of sp³-hybridized carbons (Fsp3) is 0.118. The summed E-state index contributed by atoms with van der Waals surface area (Å²) in [6.45, 7) is 0.717. The third-order valence-electron chi connectivity index (χ3n) is 3.41. The topological polar surface area (TPSA) is 45.5 Å². The molecule has 0 fully saturated rings. The van der Waals surface area contributed by atoms with Gasteiger partial charge in [0.1, 0.15) is 12.4 Å². The summed E-state index contributed by atoms with van der Waals surface area (Å²) < 4.78 is 18.2. The fourth-order valence-corrected chi connectivity index (χ4v) is 2.29. The fourth-order valence-electron chi connectivity index (χ4n) is 2.29. The van der Waals surface area contributed by atoms with Crippen molar-refractivity contribution in [3.8, 4) is 22.9 Å². The average Bonchev–Trinajstić information content (AvgIpc) is 3.22. The Morgan fingerprint density at radius 3 is 2.82 bits per heavy atom. The van der Waals surface area contributed by atoms with Crippen LogP contribution in [-0.2, 0) is 6.61 Å². The Bertz CT molecular complexity index is 784. The Morgan fingerprint density at radius 2 is 1.91 bits per heavy atom. The average molecular weight is 294 g/mol. The maximum absolute atomic E-state index is 5.78. The molecule has 5 nitrogen and oxygen atoms in total. The van der Waals surface area contributed by atoms with Crippen LogP contribution in [0.15, 0.2) is 60.9 Å². The number of nitrogens with zero attached hydrogens (tertiary/aromatic N) is 2. The van der Waals surface area contributed by atoms with Crippen molar-refractivity contribution in [1.29, 1.82) is 0 Å². The van der Waals surface area contributed by atoms with Crippen molar-refractivity contribution in [2.45, 2.75) is 6.61 Å². The second-order valence-electron chi connectivity index (χ2n) is 4.93. The molecule has 0 aliphatic carbocycles. The Hall–Kier alpha value is -2.95. The van der Waals surface area contributed by atoms with Crippen LogP contribution in [0.5, 0.6) is 17.2 Å². The molecule has 5 heteroatoms. The molecule has 1 aliphatic heterocycles. The van der Waals surface area contributed by atoms with Gasteiger partial charge in [-0.05, 0) is 24.3 Å². The predicted molar refractivity (Wildman–Crippen MR) is 80.5 cm³/mol. The van der Waals surface area contributed by atoms with E-state index in [0.29, 0.717) is 6.61 Å². The molecule has 0 atom stereocenters. The molecule has 0 spiro atoms. The number of aromatic nitrogens is 2. The zero-order valence-electron chi connectivity index (χ0n) is 11.8. The van der Waals surface area contributed by atoms with Gasteiger partial charge in [0, 0.05) is 17.8 Å². The monoisotopic (exact) mass is 294 g/mol. The van der Waals surface area contributed by atoms with Crippen LogP contribution in [0.3, 0.4) is 0 Å². The van der Waals surface area contributed by atoms with E-state index in [0.717, 1.165) is 28.5 Å². The molecule has 1 aromatic heterocycles. The summed E-state index contributed by atoms with van der Waals surface area (Å²) in [4.78, 5) is 0. The first-order valence-electron chi connectivity index (χ1n) is 7.00. The lowest BCUT2D eigenvalue weighted by atomic mass is 10.3. The molecule has 0 saturated heterocycles. The number of para-hydroxylation sites is 1. The number of fused-ring (bicyclic) bond motifs is 1. The number of rotatable bonds is 4. The van der Waals surface area contributed by atoms with E-state index in [1.807, 2.05) is 59.4 Å². The molecule has 3 aromatic rings. The van der Waals surface area contributed by atoms with E-state index in [4.69, 9.17) is 14.2 Å². The predicted octanol–water partition coefficient (Wildman–Crippen LogP) is 3.18. The lowest BCUT2D eigenvalue weighted by Gasteiger charge is -2.05. The smallest absolute Gasteiger partial charge is 0.231 e. The quantitative estimate of drug-likeness (QED) is 0.741. The summed E-state index contributed by atoms with van der Waals surface area (Å²) in [6.07, 6.45) is 3.77. The van der Waals surface area contributed by atoms with Crippen LogP contribution in [0.1, 0.15) is 5.56 Å². The molecule has 0 N–H and O–H groups in total. The minimum atomic E-state index is 0.267. The van der Waals surface area contributed by atoms with Crippen LogP contribution in [-0.4, -0.2) is 16.6 Å². The van der Waals surface area contributed by atoms with Gasteiger partial charge in [0.25, 0.3) is 0 Å². The molecule has 0 amide bonds. The Balaban J connectivity index is 1.45. The highest BCUT2D eigenvalue weighted by Gasteiger charge is 2.13. The minimum absolute atomic E-state index is 0.267. The standard InChI is InChI=1S/C17H14N2O3/c1-2-4-14(5-3-1)19-10-13(9-18-19)11-20-15-6-7-16-17(8-15)22-12-21-16/h1-10H,11-12H2. The van der Waals surface area contributed by atoms with Crippen LogP contribution in [0.4, 0.5) is 0 Å². The van der Waals surface area contributed by atoms with E-state index in [2.05, 4.69) is 5.10 Å². The van der Waals surface area contributed by atoms with E-state index in [-0.39, 0.29) is 6.79 Å². The van der Waals surface area contributed by atoms with Gasteiger partial charge in [-0.15, -0.1) is 0 Å². The molecular weight excluding hydrogens is 280 g/mol. The maximum Gasteiger partial charge on any atom is 0.231 e. The minimum Gasteiger partial charge on any atom is -0.489 e. The highest BCUT2D eigenvalue weighted by atomic mass is 16.7. The van der Waals surface area contributed by atoms with E-state index < -0.39 is 0 Å². The van der Waals surface area contributed by atoms with E-state index in [9.17, 15) is 0 Å². The van der Waals surface area contributed by atoms with Crippen LogP contribution >= 0.6 is 0 Å². The summed E-state index contributed by atoms with van der Waals surface area (Å²) in [5.74, 6) is 2.22. The zero-order chi connectivity index (χ0) is 14.8. The van der Waals surface area contributed by atoms with E-state index in [1.165, 1.54) is 0 Å². The number of benzene rings is 2. The first-order chi connectivity index (χ1) is 10.9. The lowest BCUT2D eigenvalue weighted by Crippen LogP contribution is -1.95.